The second kappa shape index (κ2) is 5.48. The lowest BCUT2D eigenvalue weighted by Crippen LogP contribution is -2.27. The topological polar surface area (TPSA) is 34.0 Å². The molecule has 0 bridgehead atoms. The predicted molar refractivity (Wildman–Crippen MR) is 90.8 cm³/mol. The number of aryl methyl sites for hydroxylation is 1. The van der Waals surface area contributed by atoms with E-state index in [0.717, 1.165) is 23.4 Å². The summed E-state index contributed by atoms with van der Waals surface area (Å²) < 4.78 is 2.25. The van der Waals surface area contributed by atoms with E-state index in [1.807, 2.05) is 12.3 Å². The summed E-state index contributed by atoms with van der Waals surface area (Å²) in [5.74, 6) is 1.13. The molecule has 114 valence electrons. The fourth-order valence-corrected chi connectivity index (χ4v) is 4.20. The lowest BCUT2D eigenvalue weighted by molar-refractivity contribution is 0.305. The molecule has 0 radical (unpaired) electrons. The predicted octanol–water partition coefficient (Wildman–Crippen LogP) is 3.43. The molecular weight excluding hydrogens is 292 g/mol. The molecule has 0 aliphatic carbocycles. The molecule has 5 heteroatoms. The van der Waals surface area contributed by atoms with Crippen molar-refractivity contribution >= 4 is 22.5 Å². The molecule has 4 rings (SSSR count). The van der Waals surface area contributed by atoms with Crippen LogP contribution in [0.1, 0.15) is 23.5 Å². The molecule has 0 spiro atoms. The first-order valence-electron chi connectivity index (χ1n) is 7.82. The maximum atomic E-state index is 4.88. The molecule has 4 nitrogen and oxygen atoms in total. The second-order valence-electron chi connectivity index (χ2n) is 6.07. The molecular formula is C17H20N4S. The maximum absolute atomic E-state index is 4.88. The first kappa shape index (κ1) is 13.9. The fourth-order valence-electron chi connectivity index (χ4n) is 3.32. The largest absolute Gasteiger partial charge is 0.303 e. The smallest absolute Gasteiger partial charge is 0.165 e. The van der Waals surface area contributed by atoms with Crippen LogP contribution >= 0.6 is 11.3 Å². The molecule has 1 unspecified atom stereocenters. The van der Waals surface area contributed by atoms with E-state index in [1.54, 1.807) is 11.3 Å². The molecule has 0 amide bonds. The summed E-state index contributed by atoms with van der Waals surface area (Å²) in [5.41, 5.74) is 1.96. The zero-order valence-corrected chi connectivity index (χ0v) is 13.8. The summed E-state index contributed by atoms with van der Waals surface area (Å²) in [4.78, 5) is 13.2. The van der Waals surface area contributed by atoms with Crippen LogP contribution in [0.2, 0.25) is 0 Å². The van der Waals surface area contributed by atoms with E-state index in [1.165, 1.54) is 29.3 Å². The van der Waals surface area contributed by atoms with Crippen molar-refractivity contribution in [1.29, 1.82) is 0 Å². The Morgan fingerprint density at radius 3 is 2.95 bits per heavy atom. The zero-order chi connectivity index (χ0) is 15.1. The number of pyridine rings is 1. The molecule has 1 aliphatic rings. The molecule has 0 saturated carbocycles. The molecule has 0 N–H and O–H groups in total. The van der Waals surface area contributed by atoms with Gasteiger partial charge in [0, 0.05) is 23.5 Å². The van der Waals surface area contributed by atoms with E-state index >= 15 is 0 Å². The summed E-state index contributed by atoms with van der Waals surface area (Å²) in [6.45, 7) is 3.34. The van der Waals surface area contributed by atoms with Crippen molar-refractivity contribution in [3.63, 3.8) is 0 Å². The quantitative estimate of drug-likeness (QED) is 0.743. The molecule has 4 heterocycles. The number of fused-ring (bicyclic) bond motifs is 1. The lowest BCUT2D eigenvalue weighted by Gasteiger charge is -2.19. The van der Waals surface area contributed by atoms with E-state index < -0.39 is 0 Å². The van der Waals surface area contributed by atoms with Gasteiger partial charge in [-0.3, -0.25) is 4.57 Å². The van der Waals surface area contributed by atoms with Gasteiger partial charge in [-0.2, -0.15) is 0 Å². The number of imidazole rings is 1. The minimum atomic E-state index is 0.594. The van der Waals surface area contributed by atoms with E-state index in [0.29, 0.717) is 6.04 Å². The monoisotopic (exact) mass is 312 g/mol. The van der Waals surface area contributed by atoms with Gasteiger partial charge in [-0.15, -0.1) is 11.3 Å². The Kier molecular flexibility index (Phi) is 3.47. The van der Waals surface area contributed by atoms with Crippen LogP contribution in [0.4, 0.5) is 0 Å². The number of likely N-dealkylation sites (N-methyl/N-ethyl adjacent to an activating group) is 1. The third-order valence-electron chi connectivity index (χ3n) is 4.52. The van der Waals surface area contributed by atoms with Gasteiger partial charge < -0.3 is 4.90 Å². The molecule has 22 heavy (non-hydrogen) atoms. The third kappa shape index (κ3) is 2.34. The Labute approximate surface area is 134 Å². The highest BCUT2D eigenvalue weighted by Crippen LogP contribution is 2.28. The van der Waals surface area contributed by atoms with Crippen LogP contribution in [0.25, 0.3) is 16.2 Å². The Bertz CT molecular complexity index is 804. The van der Waals surface area contributed by atoms with Crippen molar-refractivity contribution in [2.45, 2.75) is 32.2 Å². The highest BCUT2D eigenvalue weighted by molar-refractivity contribution is 7.14. The van der Waals surface area contributed by atoms with Crippen LogP contribution in [0.5, 0.6) is 0 Å². The van der Waals surface area contributed by atoms with Crippen molar-refractivity contribution in [2.24, 2.45) is 0 Å². The number of thiophene rings is 1. The molecule has 1 atom stereocenters. The highest BCUT2D eigenvalue weighted by Gasteiger charge is 2.24. The van der Waals surface area contributed by atoms with Gasteiger partial charge in [0.15, 0.2) is 5.65 Å². The number of rotatable bonds is 3. The standard InChI is InChI=1S/C17H20N4S/c1-12-7-8-16(22-12)21-15(11-13-5-4-10-20(13)2)19-14-6-3-9-18-17(14)21/h3,6-9,13H,4-5,10-11H2,1-2H3. The van der Waals surface area contributed by atoms with Gasteiger partial charge in [0.25, 0.3) is 0 Å². The first-order valence-corrected chi connectivity index (χ1v) is 8.63. The first-order chi connectivity index (χ1) is 10.7. The van der Waals surface area contributed by atoms with Gasteiger partial charge in [-0.25, -0.2) is 9.97 Å². The van der Waals surface area contributed by atoms with Crippen molar-refractivity contribution in [2.75, 3.05) is 13.6 Å². The summed E-state index contributed by atoms with van der Waals surface area (Å²) in [7, 11) is 2.22. The van der Waals surface area contributed by atoms with Crippen LogP contribution in [0.15, 0.2) is 30.5 Å². The van der Waals surface area contributed by atoms with Gasteiger partial charge >= 0.3 is 0 Å². The zero-order valence-electron chi connectivity index (χ0n) is 13.0. The molecule has 1 fully saturated rings. The van der Waals surface area contributed by atoms with Gasteiger partial charge in [0.1, 0.15) is 16.3 Å². The Morgan fingerprint density at radius 2 is 2.23 bits per heavy atom. The molecule has 3 aromatic heterocycles. The third-order valence-corrected chi connectivity index (χ3v) is 5.51. The number of nitrogens with zero attached hydrogens (tertiary/aromatic N) is 4. The van der Waals surface area contributed by atoms with Crippen molar-refractivity contribution in [3.05, 3.63) is 41.2 Å². The van der Waals surface area contributed by atoms with Crippen LogP contribution in [0.3, 0.4) is 0 Å². The summed E-state index contributed by atoms with van der Waals surface area (Å²) in [5, 5.41) is 1.22. The normalized spacial score (nSPS) is 19.3. The van der Waals surface area contributed by atoms with Crippen molar-refractivity contribution in [1.82, 2.24) is 19.4 Å². The van der Waals surface area contributed by atoms with Gasteiger partial charge in [-0.05, 0) is 57.6 Å². The van der Waals surface area contributed by atoms with E-state index in [4.69, 9.17) is 4.98 Å². The maximum Gasteiger partial charge on any atom is 0.165 e. The second-order valence-corrected chi connectivity index (χ2v) is 7.34. The number of aromatic nitrogens is 3. The highest BCUT2D eigenvalue weighted by atomic mass is 32.1. The average Bonchev–Trinajstić information content (AvgIpc) is 3.19. The molecule has 0 aromatic carbocycles. The van der Waals surface area contributed by atoms with Crippen LogP contribution in [0, 0.1) is 6.92 Å². The van der Waals surface area contributed by atoms with Gasteiger partial charge in [-0.1, -0.05) is 0 Å². The Hall–Kier alpha value is -1.72. The van der Waals surface area contributed by atoms with E-state index in [9.17, 15) is 0 Å². The van der Waals surface area contributed by atoms with Crippen molar-refractivity contribution < 1.29 is 0 Å². The van der Waals surface area contributed by atoms with Gasteiger partial charge in [0.05, 0.1) is 0 Å². The number of hydrogen-bond acceptors (Lipinski definition) is 4. The molecule has 3 aromatic rings. The molecule has 1 saturated heterocycles. The average molecular weight is 312 g/mol. The fraction of sp³-hybridized carbons (Fsp3) is 0.412. The van der Waals surface area contributed by atoms with Gasteiger partial charge in [0.2, 0.25) is 0 Å². The Balaban J connectivity index is 1.82. The van der Waals surface area contributed by atoms with Crippen molar-refractivity contribution in [3.8, 4) is 5.00 Å². The number of hydrogen-bond donors (Lipinski definition) is 0. The molecule has 1 aliphatic heterocycles. The van der Waals surface area contributed by atoms with Crippen LogP contribution in [-0.4, -0.2) is 39.1 Å². The van der Waals surface area contributed by atoms with E-state index in [2.05, 4.69) is 46.6 Å². The SMILES string of the molecule is Cc1ccc(-n2c(CC3CCCN3C)nc3cccnc32)s1. The lowest BCUT2D eigenvalue weighted by atomic mass is 10.1. The minimum Gasteiger partial charge on any atom is -0.303 e. The van der Waals surface area contributed by atoms with Crippen LogP contribution < -0.4 is 0 Å². The minimum absolute atomic E-state index is 0.594. The number of likely N-dealkylation sites (tertiary alicyclic amines) is 1. The summed E-state index contributed by atoms with van der Waals surface area (Å²) in [6, 6.07) is 8.96. The Morgan fingerprint density at radius 1 is 1.32 bits per heavy atom. The summed E-state index contributed by atoms with van der Waals surface area (Å²) in [6.07, 6.45) is 5.39. The van der Waals surface area contributed by atoms with E-state index in [-0.39, 0.29) is 0 Å². The van der Waals surface area contributed by atoms with Crippen LogP contribution in [-0.2, 0) is 6.42 Å². The summed E-state index contributed by atoms with van der Waals surface area (Å²) >= 11 is 1.80.